The lowest BCUT2D eigenvalue weighted by Gasteiger charge is -2.33. The molecule has 1 aliphatic carbocycles. The topological polar surface area (TPSA) is 83.7 Å². The smallest absolute Gasteiger partial charge is 0.276 e. The number of benzene rings is 1. The lowest BCUT2D eigenvalue weighted by atomic mass is 10.2. The van der Waals surface area contributed by atoms with Gasteiger partial charge in [-0.2, -0.15) is 4.31 Å². The zero-order valence-corrected chi connectivity index (χ0v) is 15.5. The third-order valence-corrected chi connectivity index (χ3v) is 6.82. The van der Waals surface area contributed by atoms with E-state index in [1.165, 1.54) is 16.4 Å². The van der Waals surface area contributed by atoms with E-state index in [4.69, 9.17) is 16.1 Å². The van der Waals surface area contributed by atoms with Gasteiger partial charge in [-0.25, -0.2) is 8.42 Å². The van der Waals surface area contributed by atoms with Crippen LogP contribution in [-0.2, 0) is 10.0 Å². The maximum atomic E-state index is 12.7. The summed E-state index contributed by atoms with van der Waals surface area (Å²) < 4.78 is 32.0. The van der Waals surface area contributed by atoms with E-state index in [2.05, 4.69) is 5.16 Å². The molecule has 0 spiro atoms. The predicted molar refractivity (Wildman–Crippen MR) is 94.6 cm³/mol. The number of aromatic nitrogens is 1. The second kappa shape index (κ2) is 6.68. The van der Waals surface area contributed by atoms with Crippen LogP contribution in [0.1, 0.15) is 35.0 Å². The molecule has 7 nitrogen and oxygen atoms in total. The number of amides is 1. The van der Waals surface area contributed by atoms with Crippen molar-refractivity contribution < 1.29 is 17.7 Å². The van der Waals surface area contributed by atoms with Crippen molar-refractivity contribution in [3.63, 3.8) is 0 Å². The minimum Gasteiger partial charge on any atom is -0.360 e. The van der Waals surface area contributed by atoms with Crippen molar-refractivity contribution in [1.29, 1.82) is 0 Å². The number of nitrogens with zero attached hydrogens (tertiary/aromatic N) is 3. The van der Waals surface area contributed by atoms with Crippen LogP contribution in [0, 0.1) is 0 Å². The molecule has 0 unspecified atom stereocenters. The Morgan fingerprint density at radius 1 is 1.15 bits per heavy atom. The first-order valence-corrected chi connectivity index (χ1v) is 10.3. The van der Waals surface area contributed by atoms with Crippen molar-refractivity contribution in [3.8, 4) is 0 Å². The van der Waals surface area contributed by atoms with Crippen molar-refractivity contribution in [2.75, 3.05) is 26.2 Å². The van der Waals surface area contributed by atoms with Gasteiger partial charge in [-0.05, 0) is 31.0 Å². The Balaban J connectivity index is 1.42. The first-order chi connectivity index (χ1) is 12.4. The van der Waals surface area contributed by atoms with Gasteiger partial charge in [0.1, 0.15) is 5.76 Å². The number of halogens is 1. The fourth-order valence-corrected chi connectivity index (χ4v) is 4.74. The molecule has 1 saturated heterocycles. The van der Waals surface area contributed by atoms with Gasteiger partial charge in [0.15, 0.2) is 5.69 Å². The van der Waals surface area contributed by atoms with Crippen LogP contribution >= 0.6 is 11.6 Å². The molecule has 2 fully saturated rings. The monoisotopic (exact) mass is 395 g/mol. The molecular formula is C17H18ClN3O4S. The second-order valence-corrected chi connectivity index (χ2v) is 8.92. The van der Waals surface area contributed by atoms with E-state index in [-0.39, 0.29) is 29.6 Å². The molecule has 2 aliphatic rings. The summed E-state index contributed by atoms with van der Waals surface area (Å²) in [5.74, 6) is 0.930. The fourth-order valence-electron chi connectivity index (χ4n) is 3.02. The van der Waals surface area contributed by atoms with Gasteiger partial charge in [-0.15, -0.1) is 0 Å². The van der Waals surface area contributed by atoms with Crippen LogP contribution in [0.25, 0.3) is 0 Å². The van der Waals surface area contributed by atoms with Gasteiger partial charge >= 0.3 is 0 Å². The summed E-state index contributed by atoms with van der Waals surface area (Å²) in [6.45, 7) is 1.08. The van der Waals surface area contributed by atoms with E-state index in [0.29, 0.717) is 24.0 Å². The Morgan fingerprint density at radius 2 is 1.88 bits per heavy atom. The highest BCUT2D eigenvalue weighted by Crippen LogP contribution is 2.40. The van der Waals surface area contributed by atoms with Gasteiger partial charge in [0.05, 0.1) is 4.90 Å². The number of hydrogen-bond donors (Lipinski definition) is 0. The Hall–Kier alpha value is -1.90. The summed E-state index contributed by atoms with van der Waals surface area (Å²) >= 11 is 5.90. The van der Waals surface area contributed by atoms with Gasteiger partial charge in [-0.1, -0.05) is 22.8 Å². The average molecular weight is 396 g/mol. The van der Waals surface area contributed by atoms with Crippen molar-refractivity contribution in [3.05, 3.63) is 46.8 Å². The molecule has 0 N–H and O–H groups in total. The Morgan fingerprint density at radius 3 is 2.54 bits per heavy atom. The van der Waals surface area contributed by atoms with Gasteiger partial charge in [-0.3, -0.25) is 4.79 Å². The first kappa shape index (κ1) is 17.5. The predicted octanol–water partition coefficient (Wildman–Crippen LogP) is 2.35. The zero-order valence-electron chi connectivity index (χ0n) is 14.0. The SMILES string of the molecule is O=C(c1cc(C2CC2)on1)N1CCN(S(=O)(=O)c2cccc(Cl)c2)CC1. The fraction of sp³-hybridized carbons (Fsp3) is 0.412. The third-order valence-electron chi connectivity index (χ3n) is 4.69. The van der Waals surface area contributed by atoms with Crippen LogP contribution < -0.4 is 0 Å². The number of sulfonamides is 1. The summed E-state index contributed by atoms with van der Waals surface area (Å²) in [6, 6.07) is 7.90. The second-order valence-electron chi connectivity index (χ2n) is 6.54. The lowest BCUT2D eigenvalue weighted by molar-refractivity contribution is 0.0687. The molecule has 0 bridgehead atoms. The molecule has 26 heavy (non-hydrogen) atoms. The maximum absolute atomic E-state index is 12.7. The molecule has 1 amide bonds. The van der Waals surface area contributed by atoms with E-state index >= 15 is 0 Å². The number of piperazine rings is 1. The van der Waals surface area contributed by atoms with Crippen LogP contribution in [0.3, 0.4) is 0 Å². The van der Waals surface area contributed by atoms with E-state index in [1.54, 1.807) is 23.1 Å². The normalized spacial score (nSPS) is 18.9. The first-order valence-electron chi connectivity index (χ1n) is 8.47. The summed E-state index contributed by atoms with van der Waals surface area (Å²) in [6.07, 6.45) is 2.14. The molecule has 0 atom stereocenters. The largest absolute Gasteiger partial charge is 0.360 e. The molecule has 2 aromatic rings. The molecular weight excluding hydrogens is 378 g/mol. The van der Waals surface area contributed by atoms with E-state index in [9.17, 15) is 13.2 Å². The van der Waals surface area contributed by atoms with Gasteiger partial charge in [0.2, 0.25) is 10.0 Å². The van der Waals surface area contributed by atoms with Crippen molar-refractivity contribution >= 4 is 27.5 Å². The molecule has 1 aromatic carbocycles. The Labute approximate surface area is 156 Å². The maximum Gasteiger partial charge on any atom is 0.276 e. The van der Waals surface area contributed by atoms with Crippen LogP contribution in [0.5, 0.6) is 0 Å². The zero-order chi connectivity index (χ0) is 18.3. The average Bonchev–Trinajstić information content (AvgIpc) is 3.38. The highest BCUT2D eigenvalue weighted by atomic mass is 35.5. The number of hydrogen-bond acceptors (Lipinski definition) is 5. The van der Waals surface area contributed by atoms with Crippen LogP contribution in [0.4, 0.5) is 0 Å². The Bertz CT molecular complexity index is 931. The summed E-state index contributed by atoms with van der Waals surface area (Å²) in [5, 5.41) is 4.24. The van der Waals surface area contributed by atoms with Crippen LogP contribution in [-0.4, -0.2) is 54.9 Å². The Kier molecular flexibility index (Phi) is 4.50. The molecule has 0 radical (unpaired) electrons. The molecule has 138 valence electrons. The molecule has 4 rings (SSSR count). The number of carbonyl (C=O) groups excluding carboxylic acids is 1. The highest BCUT2D eigenvalue weighted by Gasteiger charge is 2.33. The standard InChI is InChI=1S/C17H18ClN3O4S/c18-13-2-1-3-14(10-13)26(23,24)21-8-6-20(7-9-21)17(22)15-11-16(25-19-15)12-4-5-12/h1-3,10-12H,4-9H2. The van der Waals surface area contributed by atoms with Crippen LogP contribution in [0.2, 0.25) is 5.02 Å². The molecule has 1 saturated carbocycles. The van der Waals surface area contributed by atoms with Gasteiger partial charge in [0.25, 0.3) is 5.91 Å². The van der Waals surface area contributed by atoms with E-state index < -0.39 is 10.0 Å². The van der Waals surface area contributed by atoms with Gasteiger partial charge < -0.3 is 9.42 Å². The van der Waals surface area contributed by atoms with Crippen molar-refractivity contribution in [2.45, 2.75) is 23.7 Å². The summed E-state index contributed by atoms with van der Waals surface area (Å²) in [4.78, 5) is 14.3. The molecule has 1 aromatic heterocycles. The number of carbonyl (C=O) groups is 1. The van der Waals surface area contributed by atoms with Crippen molar-refractivity contribution in [2.24, 2.45) is 0 Å². The number of rotatable bonds is 4. The minimum absolute atomic E-state index is 0.162. The van der Waals surface area contributed by atoms with E-state index in [0.717, 1.165) is 18.6 Å². The highest BCUT2D eigenvalue weighted by molar-refractivity contribution is 7.89. The summed E-state index contributed by atoms with van der Waals surface area (Å²) in [7, 11) is -3.62. The molecule has 1 aliphatic heterocycles. The molecule has 9 heteroatoms. The lowest BCUT2D eigenvalue weighted by Crippen LogP contribution is -2.50. The third kappa shape index (κ3) is 3.36. The molecule has 2 heterocycles. The van der Waals surface area contributed by atoms with E-state index in [1.807, 2.05) is 0 Å². The van der Waals surface area contributed by atoms with Crippen molar-refractivity contribution in [1.82, 2.24) is 14.4 Å². The van der Waals surface area contributed by atoms with Gasteiger partial charge in [0, 0.05) is 43.2 Å². The minimum atomic E-state index is -3.62. The quantitative estimate of drug-likeness (QED) is 0.793. The summed E-state index contributed by atoms with van der Waals surface area (Å²) in [5.41, 5.74) is 0.290. The van der Waals surface area contributed by atoms with Crippen LogP contribution in [0.15, 0.2) is 39.8 Å².